The maximum absolute atomic E-state index is 13.3. The Kier molecular flexibility index (Phi) is 6.11. The van der Waals surface area contributed by atoms with Crippen molar-refractivity contribution in [1.29, 1.82) is 0 Å². The first kappa shape index (κ1) is 20.3. The Balaban J connectivity index is 1.57. The van der Waals surface area contributed by atoms with E-state index >= 15 is 0 Å². The molecule has 2 aromatic heterocycles. The summed E-state index contributed by atoms with van der Waals surface area (Å²) in [7, 11) is 1.64. The Hall–Kier alpha value is -3.42. The van der Waals surface area contributed by atoms with Crippen molar-refractivity contribution < 1.29 is 23.5 Å². The number of nitrogens with one attached hydrogen (secondary N) is 1. The fourth-order valence-corrected chi connectivity index (χ4v) is 3.06. The Labute approximate surface area is 167 Å². The van der Waals surface area contributed by atoms with Gasteiger partial charge in [-0.3, -0.25) is 9.89 Å². The van der Waals surface area contributed by atoms with E-state index in [1.54, 1.807) is 26.1 Å². The first-order chi connectivity index (χ1) is 13.9. The number of carboxylic acid groups (broad SMARTS) is 1. The molecule has 1 amide bonds. The van der Waals surface area contributed by atoms with Crippen LogP contribution in [0.15, 0.2) is 40.8 Å². The summed E-state index contributed by atoms with van der Waals surface area (Å²) in [6.45, 7) is 2.23. The zero-order chi connectivity index (χ0) is 21.0. The van der Waals surface area contributed by atoms with Gasteiger partial charge in [-0.15, -0.1) is 0 Å². The highest BCUT2D eigenvalue weighted by Crippen LogP contribution is 2.20. The van der Waals surface area contributed by atoms with Gasteiger partial charge in [0, 0.05) is 37.3 Å². The van der Waals surface area contributed by atoms with Gasteiger partial charge in [-0.25, -0.2) is 9.18 Å². The molecule has 0 saturated heterocycles. The molecular weight excluding hydrogens is 377 g/mol. The lowest BCUT2D eigenvalue weighted by Gasteiger charge is -2.15. The van der Waals surface area contributed by atoms with Crippen molar-refractivity contribution in [1.82, 2.24) is 15.1 Å². The van der Waals surface area contributed by atoms with Gasteiger partial charge in [0.25, 0.3) is 5.91 Å². The monoisotopic (exact) mass is 399 g/mol. The molecule has 0 fully saturated rings. The molecule has 3 aromatic rings. The number of carbonyl (C=O) groups is 2. The van der Waals surface area contributed by atoms with Crippen LogP contribution in [0.25, 0.3) is 11.3 Å². The summed E-state index contributed by atoms with van der Waals surface area (Å²) in [6, 6.07) is 9.36. The van der Waals surface area contributed by atoms with Gasteiger partial charge in [0.15, 0.2) is 5.76 Å². The molecular formula is C21H22FN3O4. The van der Waals surface area contributed by atoms with Crippen LogP contribution in [0.1, 0.15) is 45.7 Å². The number of rotatable bonds is 8. The molecule has 7 nitrogen and oxygen atoms in total. The zero-order valence-corrected chi connectivity index (χ0v) is 16.2. The van der Waals surface area contributed by atoms with E-state index < -0.39 is 5.97 Å². The zero-order valence-electron chi connectivity index (χ0n) is 16.2. The van der Waals surface area contributed by atoms with Crippen LogP contribution in [-0.4, -0.2) is 45.7 Å². The fourth-order valence-electron chi connectivity index (χ4n) is 3.06. The topological polar surface area (TPSA) is 99.4 Å². The van der Waals surface area contributed by atoms with E-state index in [1.807, 2.05) is 6.07 Å². The normalized spacial score (nSPS) is 10.9. The second-order valence-corrected chi connectivity index (χ2v) is 6.73. The number of aromatic nitrogens is 2. The molecule has 0 bridgehead atoms. The van der Waals surface area contributed by atoms with Crippen LogP contribution in [0.3, 0.4) is 0 Å². The number of benzene rings is 1. The minimum atomic E-state index is -1.11. The smallest absolute Gasteiger partial charge is 0.339 e. The van der Waals surface area contributed by atoms with Crippen LogP contribution in [0.5, 0.6) is 0 Å². The van der Waals surface area contributed by atoms with Crippen molar-refractivity contribution in [3.63, 3.8) is 0 Å². The molecule has 0 aliphatic carbocycles. The quantitative estimate of drug-likeness (QED) is 0.601. The number of carbonyl (C=O) groups excluding carboxylic acids is 1. The summed E-state index contributed by atoms with van der Waals surface area (Å²) < 4.78 is 18.8. The van der Waals surface area contributed by atoms with E-state index in [1.165, 1.54) is 23.1 Å². The number of hydrogen-bond acceptors (Lipinski definition) is 4. The van der Waals surface area contributed by atoms with Gasteiger partial charge in [0.2, 0.25) is 0 Å². The highest BCUT2D eigenvalue weighted by molar-refractivity contribution is 5.96. The van der Waals surface area contributed by atoms with Crippen LogP contribution >= 0.6 is 0 Å². The SMILES string of the molecule is CCc1oc(C(=O)N(C)CCCc2cc(-c3cccc(F)c3)n[nH]2)cc1C(=O)O. The first-order valence-corrected chi connectivity index (χ1v) is 9.30. The molecule has 0 aliphatic heterocycles. The number of aryl methyl sites for hydroxylation is 2. The Morgan fingerprint density at radius 3 is 2.72 bits per heavy atom. The standard InChI is InChI=1S/C21H22FN3O4/c1-3-18-16(21(27)28)12-19(29-18)20(26)25(2)9-5-8-15-11-17(24-23-15)13-6-4-7-14(22)10-13/h4,6-7,10-12H,3,5,8-9H2,1-2H3,(H,23,24)(H,27,28). The van der Waals surface area contributed by atoms with Crippen molar-refractivity contribution in [3.05, 3.63) is 65.0 Å². The van der Waals surface area contributed by atoms with Crippen molar-refractivity contribution in [3.8, 4) is 11.3 Å². The third-order valence-corrected chi connectivity index (χ3v) is 4.61. The van der Waals surface area contributed by atoms with Gasteiger partial charge in [0.1, 0.15) is 17.1 Å². The average Bonchev–Trinajstić information content (AvgIpc) is 3.34. The minimum absolute atomic E-state index is 0.0200. The van der Waals surface area contributed by atoms with Crippen molar-refractivity contribution in [2.24, 2.45) is 0 Å². The third-order valence-electron chi connectivity index (χ3n) is 4.61. The molecule has 8 heteroatoms. The summed E-state index contributed by atoms with van der Waals surface area (Å²) in [5, 5.41) is 16.3. The van der Waals surface area contributed by atoms with E-state index in [0.29, 0.717) is 37.1 Å². The van der Waals surface area contributed by atoms with Gasteiger partial charge in [-0.05, 0) is 31.0 Å². The summed E-state index contributed by atoms with van der Waals surface area (Å²) in [5.74, 6) is -1.48. The highest BCUT2D eigenvalue weighted by atomic mass is 19.1. The van der Waals surface area contributed by atoms with Crippen molar-refractivity contribution in [2.75, 3.05) is 13.6 Å². The lowest BCUT2D eigenvalue weighted by atomic mass is 10.1. The highest BCUT2D eigenvalue weighted by Gasteiger charge is 2.22. The Bertz CT molecular complexity index is 1020. The average molecular weight is 399 g/mol. The van der Waals surface area contributed by atoms with E-state index in [4.69, 9.17) is 4.42 Å². The minimum Gasteiger partial charge on any atom is -0.478 e. The van der Waals surface area contributed by atoms with Crippen LogP contribution < -0.4 is 0 Å². The largest absolute Gasteiger partial charge is 0.478 e. The molecule has 152 valence electrons. The van der Waals surface area contributed by atoms with E-state index in [0.717, 1.165) is 5.69 Å². The fraction of sp³-hybridized carbons (Fsp3) is 0.286. The molecule has 29 heavy (non-hydrogen) atoms. The van der Waals surface area contributed by atoms with E-state index in [2.05, 4.69) is 10.2 Å². The molecule has 1 aromatic carbocycles. The number of carboxylic acids is 1. The molecule has 3 rings (SSSR count). The van der Waals surface area contributed by atoms with Gasteiger partial charge in [-0.1, -0.05) is 19.1 Å². The Morgan fingerprint density at radius 1 is 1.28 bits per heavy atom. The molecule has 0 spiro atoms. The number of furan rings is 1. The second kappa shape index (κ2) is 8.72. The molecule has 0 radical (unpaired) electrons. The predicted octanol–water partition coefficient (Wildman–Crippen LogP) is 3.77. The van der Waals surface area contributed by atoms with Crippen molar-refractivity contribution >= 4 is 11.9 Å². The number of halogens is 1. The lowest BCUT2D eigenvalue weighted by Crippen LogP contribution is -2.27. The maximum Gasteiger partial charge on any atom is 0.339 e. The number of H-pyrrole nitrogens is 1. The van der Waals surface area contributed by atoms with Gasteiger partial charge in [-0.2, -0.15) is 5.10 Å². The predicted molar refractivity (Wildman–Crippen MR) is 104 cm³/mol. The van der Waals surface area contributed by atoms with Crippen LogP contribution in [-0.2, 0) is 12.8 Å². The van der Waals surface area contributed by atoms with Gasteiger partial charge < -0.3 is 14.4 Å². The van der Waals surface area contributed by atoms with E-state index in [9.17, 15) is 19.1 Å². The van der Waals surface area contributed by atoms with Crippen molar-refractivity contribution in [2.45, 2.75) is 26.2 Å². The van der Waals surface area contributed by atoms with Gasteiger partial charge in [0.05, 0.1) is 5.69 Å². The van der Waals surface area contributed by atoms with Crippen LogP contribution in [0.4, 0.5) is 4.39 Å². The molecule has 0 atom stereocenters. The van der Waals surface area contributed by atoms with Gasteiger partial charge >= 0.3 is 5.97 Å². The number of aromatic amines is 1. The summed E-state index contributed by atoms with van der Waals surface area (Å²) in [4.78, 5) is 25.2. The number of hydrogen-bond donors (Lipinski definition) is 2. The lowest BCUT2D eigenvalue weighted by molar-refractivity contribution is 0.0693. The number of nitrogens with zero attached hydrogens (tertiary/aromatic N) is 2. The van der Waals surface area contributed by atoms with Crippen LogP contribution in [0, 0.1) is 5.82 Å². The summed E-state index contributed by atoms with van der Waals surface area (Å²) in [5.41, 5.74) is 2.25. The number of amides is 1. The van der Waals surface area contributed by atoms with E-state index in [-0.39, 0.29) is 28.8 Å². The molecule has 0 saturated carbocycles. The molecule has 0 aliphatic rings. The summed E-state index contributed by atoms with van der Waals surface area (Å²) in [6.07, 6.45) is 1.71. The molecule has 2 heterocycles. The second-order valence-electron chi connectivity index (χ2n) is 6.73. The Morgan fingerprint density at radius 2 is 2.07 bits per heavy atom. The maximum atomic E-state index is 13.3. The number of aromatic carboxylic acids is 1. The summed E-state index contributed by atoms with van der Waals surface area (Å²) >= 11 is 0. The molecule has 0 unspecified atom stereocenters. The molecule has 2 N–H and O–H groups in total. The first-order valence-electron chi connectivity index (χ1n) is 9.30. The van der Waals surface area contributed by atoms with Crippen LogP contribution in [0.2, 0.25) is 0 Å². The third kappa shape index (κ3) is 4.71.